The minimum Gasteiger partial charge on any atom is -0.465 e. The molecule has 32 heavy (non-hydrogen) atoms. The molecule has 0 aliphatic rings. The molecule has 2 aromatic heterocycles. The molecule has 0 atom stereocenters. The van der Waals surface area contributed by atoms with E-state index in [0.717, 1.165) is 11.5 Å². The number of hydrogen-bond acceptors (Lipinski definition) is 8. The molecular weight excluding hydrogens is 434 g/mol. The van der Waals surface area contributed by atoms with Crippen LogP contribution in [0.15, 0.2) is 41.7 Å². The number of anilines is 1. The van der Waals surface area contributed by atoms with Crippen molar-refractivity contribution in [3.05, 3.63) is 59.2 Å². The molecule has 11 heteroatoms. The van der Waals surface area contributed by atoms with E-state index in [9.17, 15) is 14.4 Å². The minimum atomic E-state index is -0.636. The smallest absolute Gasteiger partial charge is 0.339 e. The summed E-state index contributed by atoms with van der Waals surface area (Å²) in [5, 5.41) is 11.6. The Morgan fingerprint density at radius 1 is 1.06 bits per heavy atom. The fraction of sp³-hybridized carbons (Fsp3) is 0.286. The molecule has 2 heterocycles. The zero-order chi connectivity index (χ0) is 23.3. The van der Waals surface area contributed by atoms with Crippen molar-refractivity contribution in [2.45, 2.75) is 11.6 Å². The number of carbonyl (C=O) groups is 3. The lowest BCUT2D eigenvalue weighted by atomic mass is 10.1. The number of aromatic nitrogens is 4. The summed E-state index contributed by atoms with van der Waals surface area (Å²) in [7, 11) is 6.29. The predicted molar refractivity (Wildman–Crippen MR) is 118 cm³/mol. The number of esters is 2. The third-order valence-corrected chi connectivity index (χ3v) is 5.79. The summed E-state index contributed by atoms with van der Waals surface area (Å²) >= 11 is 1.21. The molecule has 0 bridgehead atoms. The van der Waals surface area contributed by atoms with Gasteiger partial charge in [0.15, 0.2) is 5.16 Å². The molecule has 3 rings (SSSR count). The molecule has 1 amide bonds. The molecule has 0 unspecified atom stereocenters. The van der Waals surface area contributed by atoms with Crippen molar-refractivity contribution in [2.24, 2.45) is 14.1 Å². The SMILES string of the molecule is COC(=O)c1ccc(C(=O)OC)c(NC(=O)CSc2nnc(Cc3cccn3C)n2C)c1. The van der Waals surface area contributed by atoms with Crippen LogP contribution in [0.25, 0.3) is 0 Å². The summed E-state index contributed by atoms with van der Waals surface area (Å²) in [6, 6.07) is 8.18. The van der Waals surface area contributed by atoms with E-state index in [0.29, 0.717) is 11.6 Å². The van der Waals surface area contributed by atoms with Gasteiger partial charge in [-0.1, -0.05) is 11.8 Å². The normalized spacial score (nSPS) is 10.6. The molecule has 0 radical (unpaired) electrons. The Hall–Kier alpha value is -3.60. The molecular formula is C21H23N5O5S. The van der Waals surface area contributed by atoms with Crippen LogP contribution in [0.5, 0.6) is 0 Å². The lowest BCUT2D eigenvalue weighted by molar-refractivity contribution is -0.113. The molecule has 0 saturated heterocycles. The Morgan fingerprint density at radius 2 is 1.81 bits per heavy atom. The first-order chi connectivity index (χ1) is 15.3. The Balaban J connectivity index is 1.69. The van der Waals surface area contributed by atoms with Crippen LogP contribution in [-0.4, -0.2) is 57.1 Å². The summed E-state index contributed by atoms with van der Waals surface area (Å²) in [4.78, 5) is 36.4. The summed E-state index contributed by atoms with van der Waals surface area (Å²) in [6.07, 6.45) is 2.58. The fourth-order valence-electron chi connectivity index (χ4n) is 2.96. The van der Waals surface area contributed by atoms with Crippen molar-refractivity contribution in [3.63, 3.8) is 0 Å². The first kappa shape index (κ1) is 23.1. The first-order valence-corrected chi connectivity index (χ1v) is 10.5. The molecule has 0 aliphatic carbocycles. The highest BCUT2D eigenvalue weighted by molar-refractivity contribution is 7.99. The average molecular weight is 458 g/mol. The van der Waals surface area contributed by atoms with Gasteiger partial charge < -0.3 is 23.9 Å². The van der Waals surface area contributed by atoms with E-state index in [1.165, 1.54) is 44.2 Å². The van der Waals surface area contributed by atoms with Gasteiger partial charge in [0.25, 0.3) is 0 Å². The largest absolute Gasteiger partial charge is 0.465 e. The number of rotatable bonds is 8. The van der Waals surface area contributed by atoms with Crippen molar-refractivity contribution in [3.8, 4) is 0 Å². The topological polar surface area (TPSA) is 117 Å². The van der Waals surface area contributed by atoms with Crippen LogP contribution in [0.4, 0.5) is 5.69 Å². The van der Waals surface area contributed by atoms with E-state index in [1.807, 2.05) is 41.6 Å². The van der Waals surface area contributed by atoms with Crippen molar-refractivity contribution < 1.29 is 23.9 Å². The molecule has 1 N–H and O–H groups in total. The highest BCUT2D eigenvalue weighted by Gasteiger charge is 2.18. The van der Waals surface area contributed by atoms with Gasteiger partial charge in [0.1, 0.15) is 5.82 Å². The number of nitrogens with one attached hydrogen (secondary N) is 1. The molecule has 0 aliphatic heterocycles. The maximum Gasteiger partial charge on any atom is 0.339 e. The Labute approximate surface area is 188 Å². The van der Waals surface area contributed by atoms with Gasteiger partial charge in [0.2, 0.25) is 5.91 Å². The van der Waals surface area contributed by atoms with Crippen molar-refractivity contribution >= 4 is 35.3 Å². The summed E-state index contributed by atoms with van der Waals surface area (Å²) in [5.74, 6) is -0.805. The van der Waals surface area contributed by atoms with Gasteiger partial charge in [-0.15, -0.1) is 10.2 Å². The second-order valence-corrected chi connectivity index (χ2v) is 7.77. The van der Waals surface area contributed by atoms with Crippen LogP contribution in [-0.2, 0) is 34.8 Å². The van der Waals surface area contributed by atoms with Gasteiger partial charge in [-0.05, 0) is 30.3 Å². The van der Waals surface area contributed by atoms with Crippen molar-refractivity contribution in [2.75, 3.05) is 25.3 Å². The van der Waals surface area contributed by atoms with Gasteiger partial charge in [0, 0.05) is 32.4 Å². The number of nitrogens with zero attached hydrogens (tertiary/aromatic N) is 4. The van der Waals surface area contributed by atoms with Crippen molar-refractivity contribution in [1.82, 2.24) is 19.3 Å². The number of thioether (sulfide) groups is 1. The molecule has 0 fully saturated rings. The quantitative estimate of drug-likeness (QED) is 0.403. The lowest BCUT2D eigenvalue weighted by Crippen LogP contribution is -2.18. The average Bonchev–Trinajstić information content (AvgIpc) is 3.36. The van der Waals surface area contributed by atoms with Crippen LogP contribution < -0.4 is 5.32 Å². The highest BCUT2D eigenvalue weighted by atomic mass is 32.2. The molecule has 0 saturated carbocycles. The summed E-state index contributed by atoms with van der Waals surface area (Å²) in [5.41, 5.74) is 1.58. The Kier molecular flexibility index (Phi) is 7.31. The molecule has 1 aromatic carbocycles. The molecule has 3 aromatic rings. The minimum absolute atomic E-state index is 0.0270. The third-order valence-electron chi connectivity index (χ3n) is 4.77. The predicted octanol–water partition coefficient (Wildman–Crippen LogP) is 2.05. The molecule has 168 valence electrons. The van der Waals surface area contributed by atoms with Gasteiger partial charge >= 0.3 is 11.9 Å². The zero-order valence-electron chi connectivity index (χ0n) is 18.1. The summed E-state index contributed by atoms with van der Waals surface area (Å²) in [6.45, 7) is 0. The standard InChI is InChI=1S/C21H23N5O5S/c1-25-9-5-6-14(25)11-17-23-24-21(26(17)2)32-12-18(27)22-16-10-13(19(28)30-3)7-8-15(16)20(29)31-4/h5-10H,11-12H2,1-4H3,(H,22,27). The van der Waals surface area contributed by atoms with E-state index in [-0.39, 0.29) is 28.5 Å². The maximum atomic E-state index is 12.6. The Morgan fingerprint density at radius 3 is 2.47 bits per heavy atom. The number of amides is 1. The van der Waals surface area contributed by atoms with Crippen LogP contribution in [0.1, 0.15) is 32.2 Å². The van der Waals surface area contributed by atoms with E-state index in [4.69, 9.17) is 9.47 Å². The maximum absolute atomic E-state index is 12.6. The van der Waals surface area contributed by atoms with Gasteiger partial charge in [-0.3, -0.25) is 4.79 Å². The van der Waals surface area contributed by atoms with Gasteiger partial charge in [-0.2, -0.15) is 0 Å². The molecule has 0 spiro atoms. The van der Waals surface area contributed by atoms with E-state index >= 15 is 0 Å². The van der Waals surface area contributed by atoms with Gasteiger partial charge in [-0.25, -0.2) is 9.59 Å². The number of ether oxygens (including phenoxy) is 2. The Bertz CT molecular complexity index is 1150. The van der Waals surface area contributed by atoms with E-state index in [2.05, 4.69) is 15.5 Å². The number of methoxy groups -OCH3 is 2. The first-order valence-electron chi connectivity index (χ1n) is 9.55. The van der Waals surface area contributed by atoms with Crippen LogP contribution >= 0.6 is 11.8 Å². The number of carbonyl (C=O) groups excluding carboxylic acids is 3. The monoisotopic (exact) mass is 457 g/mol. The van der Waals surface area contributed by atoms with E-state index in [1.54, 1.807) is 0 Å². The zero-order valence-corrected chi connectivity index (χ0v) is 18.9. The van der Waals surface area contributed by atoms with Crippen LogP contribution in [0, 0.1) is 0 Å². The lowest BCUT2D eigenvalue weighted by Gasteiger charge is -2.11. The second-order valence-electron chi connectivity index (χ2n) is 6.83. The van der Waals surface area contributed by atoms with Crippen LogP contribution in [0.3, 0.4) is 0 Å². The van der Waals surface area contributed by atoms with Crippen LogP contribution in [0.2, 0.25) is 0 Å². The number of aryl methyl sites for hydroxylation is 1. The second kappa shape index (κ2) is 10.1. The number of hydrogen-bond donors (Lipinski definition) is 1. The van der Waals surface area contributed by atoms with Crippen molar-refractivity contribution in [1.29, 1.82) is 0 Å². The highest BCUT2D eigenvalue weighted by Crippen LogP contribution is 2.22. The third kappa shape index (κ3) is 5.17. The molecule has 10 nitrogen and oxygen atoms in total. The summed E-state index contributed by atoms with van der Waals surface area (Å²) < 4.78 is 13.3. The van der Waals surface area contributed by atoms with Gasteiger partial charge in [0.05, 0.1) is 36.8 Å². The fourth-order valence-corrected chi connectivity index (χ4v) is 3.69. The number of benzene rings is 1. The van der Waals surface area contributed by atoms with E-state index < -0.39 is 11.9 Å².